The van der Waals surface area contributed by atoms with Crippen LogP contribution < -0.4 is 10.6 Å². The van der Waals surface area contributed by atoms with Crippen molar-refractivity contribution in [2.75, 3.05) is 23.7 Å². The molecule has 0 aromatic heterocycles. The van der Waals surface area contributed by atoms with Crippen LogP contribution >= 0.6 is 11.6 Å². The molecule has 1 unspecified atom stereocenters. The smallest absolute Gasteiger partial charge is 0.337 e. The van der Waals surface area contributed by atoms with Crippen molar-refractivity contribution in [3.63, 3.8) is 0 Å². The van der Waals surface area contributed by atoms with Crippen LogP contribution in [0.15, 0.2) is 12.1 Å². The van der Waals surface area contributed by atoms with Gasteiger partial charge < -0.3 is 15.7 Å². The van der Waals surface area contributed by atoms with Gasteiger partial charge in [-0.1, -0.05) is 25.4 Å². The van der Waals surface area contributed by atoms with Crippen molar-refractivity contribution < 1.29 is 9.90 Å². The summed E-state index contributed by atoms with van der Waals surface area (Å²) in [6.07, 6.45) is 1.07. The molecule has 1 heterocycles. The minimum absolute atomic E-state index is 0.189. The van der Waals surface area contributed by atoms with E-state index in [1.165, 1.54) is 6.07 Å². The second-order valence-electron chi connectivity index (χ2n) is 5.44. The fraction of sp³-hybridized carbons (Fsp3) is 0.500. The first-order valence-corrected chi connectivity index (χ1v) is 6.85. The van der Waals surface area contributed by atoms with Gasteiger partial charge in [0.05, 0.1) is 16.3 Å². The molecule has 1 aliphatic heterocycles. The van der Waals surface area contributed by atoms with Crippen LogP contribution in [0, 0.1) is 11.8 Å². The lowest BCUT2D eigenvalue weighted by atomic mass is 9.95. The molecule has 4 nitrogen and oxygen atoms in total. The van der Waals surface area contributed by atoms with Gasteiger partial charge in [-0.15, -0.1) is 0 Å². The maximum atomic E-state index is 11.4. The molecule has 19 heavy (non-hydrogen) atoms. The third-order valence-electron chi connectivity index (χ3n) is 3.80. The second kappa shape index (κ2) is 5.29. The van der Waals surface area contributed by atoms with E-state index in [2.05, 4.69) is 18.7 Å². The van der Waals surface area contributed by atoms with E-state index in [0.717, 1.165) is 19.5 Å². The number of hydrogen-bond acceptors (Lipinski definition) is 3. The largest absolute Gasteiger partial charge is 0.478 e. The standard InChI is InChI=1S/C14H19ClN2O2/c1-8(2)9-3-4-17(7-9)13-11(14(18)19)5-10(16)6-12(13)15/h5-6,8-9H,3-4,7,16H2,1-2H3,(H,18,19). The zero-order valence-electron chi connectivity index (χ0n) is 11.2. The number of nitrogens with zero attached hydrogens (tertiary/aromatic N) is 1. The highest BCUT2D eigenvalue weighted by Gasteiger charge is 2.29. The second-order valence-corrected chi connectivity index (χ2v) is 5.85. The van der Waals surface area contributed by atoms with E-state index in [9.17, 15) is 9.90 Å². The summed E-state index contributed by atoms with van der Waals surface area (Å²) < 4.78 is 0. The van der Waals surface area contributed by atoms with E-state index in [1.54, 1.807) is 6.07 Å². The molecule has 0 amide bonds. The molecule has 1 atom stereocenters. The third-order valence-corrected chi connectivity index (χ3v) is 4.09. The number of nitrogens with two attached hydrogens (primary N) is 1. The summed E-state index contributed by atoms with van der Waals surface area (Å²) in [5.74, 6) is 0.179. The number of anilines is 2. The Morgan fingerprint density at radius 1 is 1.53 bits per heavy atom. The summed E-state index contributed by atoms with van der Waals surface area (Å²) in [5, 5.41) is 9.73. The van der Waals surface area contributed by atoms with E-state index < -0.39 is 5.97 Å². The van der Waals surface area contributed by atoms with Crippen LogP contribution in [0.3, 0.4) is 0 Å². The van der Waals surface area contributed by atoms with Gasteiger partial charge in [-0.3, -0.25) is 0 Å². The molecular formula is C14H19ClN2O2. The first kappa shape index (κ1) is 14.0. The van der Waals surface area contributed by atoms with Crippen molar-refractivity contribution in [2.24, 2.45) is 11.8 Å². The van der Waals surface area contributed by atoms with E-state index in [-0.39, 0.29) is 5.56 Å². The van der Waals surface area contributed by atoms with E-state index in [4.69, 9.17) is 17.3 Å². The first-order chi connectivity index (χ1) is 8.90. The van der Waals surface area contributed by atoms with Gasteiger partial charge in [0.1, 0.15) is 0 Å². The predicted octanol–water partition coefficient (Wildman–Crippen LogP) is 3.10. The molecule has 1 aromatic rings. The lowest BCUT2D eigenvalue weighted by Crippen LogP contribution is -2.24. The van der Waals surface area contributed by atoms with E-state index in [1.807, 2.05) is 0 Å². The summed E-state index contributed by atoms with van der Waals surface area (Å²) in [4.78, 5) is 13.4. The van der Waals surface area contributed by atoms with Crippen LogP contribution in [0.1, 0.15) is 30.6 Å². The van der Waals surface area contributed by atoms with Crippen LogP contribution in [0.4, 0.5) is 11.4 Å². The fourth-order valence-corrected chi connectivity index (χ4v) is 2.99. The number of halogens is 1. The molecule has 5 heteroatoms. The zero-order chi connectivity index (χ0) is 14.2. The maximum absolute atomic E-state index is 11.4. The molecule has 0 spiro atoms. The number of carboxylic acids is 1. The Hall–Kier alpha value is -1.42. The van der Waals surface area contributed by atoms with Gasteiger partial charge in [0.25, 0.3) is 0 Å². The molecule has 2 rings (SSSR count). The van der Waals surface area contributed by atoms with Crippen molar-refractivity contribution >= 4 is 28.9 Å². The van der Waals surface area contributed by atoms with Gasteiger partial charge >= 0.3 is 5.97 Å². The molecule has 0 bridgehead atoms. The van der Waals surface area contributed by atoms with Crippen LogP contribution in [-0.2, 0) is 0 Å². The maximum Gasteiger partial charge on any atom is 0.337 e. The molecule has 1 aromatic carbocycles. The van der Waals surface area contributed by atoms with Gasteiger partial charge in [0, 0.05) is 18.8 Å². The van der Waals surface area contributed by atoms with Crippen molar-refractivity contribution in [1.82, 2.24) is 0 Å². The van der Waals surface area contributed by atoms with Crippen LogP contribution in [0.5, 0.6) is 0 Å². The predicted molar refractivity (Wildman–Crippen MR) is 78.0 cm³/mol. The van der Waals surface area contributed by atoms with Gasteiger partial charge in [0.2, 0.25) is 0 Å². The SMILES string of the molecule is CC(C)C1CCN(c2c(Cl)cc(N)cc2C(=O)O)C1. The number of hydrogen-bond donors (Lipinski definition) is 2. The van der Waals surface area contributed by atoms with Gasteiger partial charge in [-0.05, 0) is 30.4 Å². The Balaban J connectivity index is 2.37. The molecule has 1 fully saturated rings. The average molecular weight is 283 g/mol. The van der Waals surface area contributed by atoms with Crippen molar-refractivity contribution in [1.29, 1.82) is 0 Å². The Labute approximate surface area is 118 Å². The summed E-state index contributed by atoms with van der Waals surface area (Å²) in [6, 6.07) is 3.10. The van der Waals surface area contributed by atoms with Crippen molar-refractivity contribution in [3.05, 3.63) is 22.7 Å². The molecular weight excluding hydrogens is 264 g/mol. The molecule has 0 radical (unpaired) electrons. The number of nitrogen functional groups attached to an aromatic ring is 1. The Morgan fingerprint density at radius 3 is 2.74 bits per heavy atom. The minimum Gasteiger partial charge on any atom is -0.478 e. The van der Waals surface area contributed by atoms with Crippen LogP contribution in [-0.4, -0.2) is 24.2 Å². The normalized spacial score (nSPS) is 19.2. The number of benzene rings is 1. The molecule has 1 aliphatic rings. The Bertz CT molecular complexity index is 502. The number of aromatic carboxylic acids is 1. The highest BCUT2D eigenvalue weighted by atomic mass is 35.5. The number of carbonyl (C=O) groups is 1. The fourth-order valence-electron chi connectivity index (χ4n) is 2.64. The molecule has 0 aliphatic carbocycles. The summed E-state index contributed by atoms with van der Waals surface area (Å²) in [6.45, 7) is 6.07. The topological polar surface area (TPSA) is 66.6 Å². The van der Waals surface area contributed by atoms with Crippen LogP contribution in [0.2, 0.25) is 5.02 Å². The van der Waals surface area contributed by atoms with Gasteiger partial charge in [0.15, 0.2) is 0 Å². The molecule has 3 N–H and O–H groups in total. The van der Waals surface area contributed by atoms with Crippen LogP contribution in [0.25, 0.3) is 0 Å². The minimum atomic E-state index is -0.989. The summed E-state index contributed by atoms with van der Waals surface area (Å²) >= 11 is 6.20. The zero-order valence-corrected chi connectivity index (χ0v) is 11.9. The Kier molecular flexibility index (Phi) is 3.90. The highest BCUT2D eigenvalue weighted by molar-refractivity contribution is 6.34. The summed E-state index contributed by atoms with van der Waals surface area (Å²) in [5.41, 5.74) is 6.85. The number of rotatable bonds is 3. The van der Waals surface area contributed by atoms with Gasteiger partial charge in [-0.25, -0.2) is 4.79 Å². The lowest BCUT2D eigenvalue weighted by Gasteiger charge is -2.23. The van der Waals surface area contributed by atoms with Crippen molar-refractivity contribution in [2.45, 2.75) is 20.3 Å². The molecule has 1 saturated heterocycles. The highest BCUT2D eigenvalue weighted by Crippen LogP contribution is 2.37. The summed E-state index contributed by atoms with van der Waals surface area (Å²) in [7, 11) is 0. The lowest BCUT2D eigenvalue weighted by molar-refractivity contribution is 0.0697. The van der Waals surface area contributed by atoms with Gasteiger partial charge in [-0.2, -0.15) is 0 Å². The molecule has 104 valence electrons. The number of carboxylic acid groups (broad SMARTS) is 1. The average Bonchev–Trinajstić information content (AvgIpc) is 2.76. The first-order valence-electron chi connectivity index (χ1n) is 6.47. The third kappa shape index (κ3) is 2.78. The van der Waals surface area contributed by atoms with E-state index >= 15 is 0 Å². The van der Waals surface area contributed by atoms with E-state index in [0.29, 0.717) is 28.2 Å². The Morgan fingerprint density at radius 2 is 2.21 bits per heavy atom. The quantitative estimate of drug-likeness (QED) is 0.836. The van der Waals surface area contributed by atoms with Crippen molar-refractivity contribution in [3.8, 4) is 0 Å². The monoisotopic (exact) mass is 282 g/mol. The molecule has 0 saturated carbocycles.